The number of benzene rings is 3. The Morgan fingerprint density at radius 2 is 0.905 bits per heavy atom. The average Bonchev–Trinajstić information content (AvgIpc) is 2.88. The average molecular weight is 609 g/mol. The molecule has 0 amide bonds. The lowest BCUT2D eigenvalue weighted by molar-refractivity contribution is -0.275. The highest BCUT2D eigenvalue weighted by atomic mass is 19.4. The van der Waals surface area contributed by atoms with Gasteiger partial charge in [-0.05, 0) is 84.9 Å². The van der Waals surface area contributed by atoms with Crippen molar-refractivity contribution in [2.24, 2.45) is 5.92 Å². The second-order valence-corrected chi connectivity index (χ2v) is 9.65. The molecule has 0 saturated carbocycles. The standard InChI is InChI=1S/C28H24F9NO4/c29-26(30,31)40-22-7-1-18(2-8-22)17-38-15-13-21(14-16-38)25(39,19-3-9-23(10-4-19)41-27(32,33)34)20-5-11-24(12-6-20)42-28(35,36)37/h1-12,21,39H,13-17H2. The van der Waals surface area contributed by atoms with Crippen molar-refractivity contribution in [2.45, 2.75) is 44.1 Å². The van der Waals surface area contributed by atoms with Crippen LogP contribution in [0.3, 0.4) is 0 Å². The van der Waals surface area contributed by atoms with E-state index in [1.54, 1.807) is 0 Å². The van der Waals surface area contributed by atoms with E-state index in [9.17, 15) is 44.6 Å². The van der Waals surface area contributed by atoms with Gasteiger partial charge in [0, 0.05) is 6.54 Å². The van der Waals surface area contributed by atoms with Gasteiger partial charge in [0.2, 0.25) is 0 Å². The fraction of sp³-hybridized carbons (Fsp3) is 0.357. The number of ether oxygens (including phenoxy) is 3. The molecule has 1 heterocycles. The zero-order chi connectivity index (χ0) is 30.8. The van der Waals surface area contributed by atoms with Crippen LogP contribution in [-0.4, -0.2) is 42.2 Å². The minimum Gasteiger partial charge on any atom is -0.406 e. The highest BCUT2D eigenvalue weighted by Crippen LogP contribution is 2.43. The van der Waals surface area contributed by atoms with Gasteiger partial charge < -0.3 is 19.3 Å². The van der Waals surface area contributed by atoms with Crippen LogP contribution in [0.1, 0.15) is 29.5 Å². The smallest absolute Gasteiger partial charge is 0.406 e. The summed E-state index contributed by atoms with van der Waals surface area (Å²) in [4.78, 5) is 2.01. The van der Waals surface area contributed by atoms with Crippen molar-refractivity contribution >= 4 is 0 Å². The van der Waals surface area contributed by atoms with E-state index in [2.05, 4.69) is 14.2 Å². The van der Waals surface area contributed by atoms with Gasteiger partial charge in [-0.1, -0.05) is 36.4 Å². The highest BCUT2D eigenvalue weighted by Gasteiger charge is 2.42. The van der Waals surface area contributed by atoms with Gasteiger partial charge >= 0.3 is 19.1 Å². The summed E-state index contributed by atoms with van der Waals surface area (Å²) in [6.07, 6.45) is -13.9. The van der Waals surface area contributed by atoms with Crippen molar-refractivity contribution in [3.8, 4) is 17.2 Å². The molecule has 228 valence electrons. The Morgan fingerprint density at radius 1 is 0.571 bits per heavy atom. The van der Waals surface area contributed by atoms with Crippen LogP contribution < -0.4 is 14.2 Å². The minimum absolute atomic E-state index is 0.209. The lowest BCUT2D eigenvalue weighted by Crippen LogP contribution is -2.44. The first kappa shape index (κ1) is 31.3. The lowest BCUT2D eigenvalue weighted by atomic mass is 9.72. The summed E-state index contributed by atoms with van der Waals surface area (Å²) in [5.74, 6) is -1.87. The van der Waals surface area contributed by atoms with Crippen LogP contribution >= 0.6 is 0 Å². The van der Waals surface area contributed by atoms with Crippen LogP contribution in [0, 0.1) is 5.92 Å². The predicted molar refractivity (Wildman–Crippen MR) is 130 cm³/mol. The van der Waals surface area contributed by atoms with Crippen molar-refractivity contribution in [3.63, 3.8) is 0 Å². The SMILES string of the molecule is OC(c1ccc(OC(F)(F)F)cc1)(c1ccc(OC(F)(F)F)cc1)C1CCN(Cc2ccc(OC(F)(F)F)cc2)CC1. The normalized spacial score (nSPS) is 15.9. The molecule has 0 aromatic heterocycles. The summed E-state index contributed by atoms with van der Waals surface area (Å²) in [7, 11) is 0. The van der Waals surface area contributed by atoms with Crippen molar-refractivity contribution in [2.75, 3.05) is 13.1 Å². The van der Waals surface area contributed by atoms with Crippen molar-refractivity contribution in [1.29, 1.82) is 0 Å². The molecule has 42 heavy (non-hydrogen) atoms. The molecule has 1 fully saturated rings. The van der Waals surface area contributed by atoms with Gasteiger partial charge in [-0.25, -0.2) is 0 Å². The molecule has 0 aliphatic carbocycles. The molecule has 0 spiro atoms. The molecule has 14 heteroatoms. The molecule has 1 aliphatic heterocycles. The molecule has 0 unspecified atom stereocenters. The molecule has 0 radical (unpaired) electrons. The Hall–Kier alpha value is -3.65. The molecular formula is C28H24F9NO4. The van der Waals surface area contributed by atoms with Crippen LogP contribution in [-0.2, 0) is 12.1 Å². The third-order valence-electron chi connectivity index (χ3n) is 6.80. The molecule has 0 atom stereocenters. The van der Waals surface area contributed by atoms with E-state index in [0.29, 0.717) is 32.5 Å². The largest absolute Gasteiger partial charge is 0.573 e. The molecule has 1 saturated heterocycles. The van der Waals surface area contributed by atoms with Crippen LogP contribution in [0.15, 0.2) is 72.8 Å². The zero-order valence-corrected chi connectivity index (χ0v) is 21.6. The van der Waals surface area contributed by atoms with E-state index in [1.807, 2.05) is 4.90 Å². The number of hydrogen-bond donors (Lipinski definition) is 1. The number of hydrogen-bond acceptors (Lipinski definition) is 5. The topological polar surface area (TPSA) is 51.2 Å². The summed E-state index contributed by atoms with van der Waals surface area (Å²) in [5, 5.41) is 12.1. The maximum absolute atomic E-state index is 12.6. The van der Waals surface area contributed by atoms with Gasteiger partial charge in [0.25, 0.3) is 0 Å². The Balaban J connectivity index is 1.52. The number of nitrogens with zero attached hydrogens (tertiary/aromatic N) is 1. The lowest BCUT2D eigenvalue weighted by Gasteiger charge is -2.42. The van der Waals surface area contributed by atoms with Crippen LogP contribution in [0.5, 0.6) is 17.2 Å². The number of piperidine rings is 1. The van der Waals surface area contributed by atoms with Crippen LogP contribution in [0.4, 0.5) is 39.5 Å². The molecule has 5 nitrogen and oxygen atoms in total. The Labute approximate surface area is 234 Å². The minimum atomic E-state index is -4.93. The Kier molecular flexibility index (Phi) is 8.88. The molecule has 1 N–H and O–H groups in total. The van der Waals surface area contributed by atoms with Crippen molar-refractivity contribution < 1.29 is 58.8 Å². The van der Waals surface area contributed by atoms with Gasteiger partial charge in [0.15, 0.2) is 0 Å². The van der Waals surface area contributed by atoms with E-state index in [4.69, 9.17) is 0 Å². The van der Waals surface area contributed by atoms with Gasteiger partial charge in [-0.3, -0.25) is 4.90 Å². The first-order valence-electron chi connectivity index (χ1n) is 12.5. The summed E-state index contributed by atoms with van der Waals surface area (Å²) in [5.41, 5.74) is -0.657. The van der Waals surface area contributed by atoms with E-state index in [-0.39, 0.29) is 16.9 Å². The second-order valence-electron chi connectivity index (χ2n) is 9.65. The number of rotatable bonds is 8. The summed E-state index contributed by atoms with van der Waals surface area (Å²) < 4.78 is 125. The molecule has 3 aromatic rings. The zero-order valence-electron chi connectivity index (χ0n) is 21.6. The maximum Gasteiger partial charge on any atom is 0.573 e. The molecule has 1 aliphatic rings. The number of alkyl halides is 9. The number of likely N-dealkylation sites (tertiary alicyclic amines) is 1. The third-order valence-corrected chi connectivity index (χ3v) is 6.80. The second kappa shape index (κ2) is 11.9. The Morgan fingerprint density at radius 3 is 1.24 bits per heavy atom. The van der Waals surface area contributed by atoms with Gasteiger partial charge in [0.05, 0.1) is 0 Å². The molecular weight excluding hydrogens is 585 g/mol. The van der Waals surface area contributed by atoms with E-state index < -0.39 is 42.1 Å². The van der Waals surface area contributed by atoms with Gasteiger partial charge in [0.1, 0.15) is 22.8 Å². The maximum atomic E-state index is 12.6. The number of halogens is 9. The summed E-state index contributed by atoms with van der Waals surface area (Å²) in [6.45, 7) is 1.28. The fourth-order valence-corrected chi connectivity index (χ4v) is 5.02. The van der Waals surface area contributed by atoms with E-state index >= 15 is 0 Å². The molecule has 0 bridgehead atoms. The van der Waals surface area contributed by atoms with Gasteiger partial charge in [-0.15, -0.1) is 39.5 Å². The van der Waals surface area contributed by atoms with E-state index in [1.165, 1.54) is 48.5 Å². The first-order valence-corrected chi connectivity index (χ1v) is 12.5. The summed E-state index contributed by atoms with van der Waals surface area (Å²) >= 11 is 0. The molecule has 3 aromatic carbocycles. The highest BCUT2D eigenvalue weighted by molar-refractivity contribution is 5.42. The fourth-order valence-electron chi connectivity index (χ4n) is 5.02. The van der Waals surface area contributed by atoms with Crippen molar-refractivity contribution in [3.05, 3.63) is 89.5 Å². The van der Waals surface area contributed by atoms with Crippen molar-refractivity contribution in [1.82, 2.24) is 4.90 Å². The van der Waals surface area contributed by atoms with Gasteiger partial charge in [-0.2, -0.15) is 0 Å². The summed E-state index contributed by atoms with van der Waals surface area (Å²) in [6, 6.07) is 14.6. The van der Waals surface area contributed by atoms with Crippen LogP contribution in [0.2, 0.25) is 0 Å². The number of aliphatic hydroxyl groups is 1. The van der Waals surface area contributed by atoms with Crippen LogP contribution in [0.25, 0.3) is 0 Å². The predicted octanol–water partition coefficient (Wildman–Crippen LogP) is 7.53. The first-order chi connectivity index (χ1) is 19.5. The molecule has 4 rings (SSSR count). The third kappa shape index (κ3) is 8.44. The Bertz CT molecular complexity index is 1240. The van der Waals surface area contributed by atoms with E-state index in [0.717, 1.165) is 29.8 Å². The monoisotopic (exact) mass is 609 g/mol. The quantitative estimate of drug-likeness (QED) is 0.268.